The van der Waals surface area contributed by atoms with Crippen LogP contribution in [0.25, 0.3) is 0 Å². The first-order valence-electron chi connectivity index (χ1n) is 8.21. The van der Waals surface area contributed by atoms with Crippen molar-refractivity contribution in [3.05, 3.63) is 91.7 Å². The van der Waals surface area contributed by atoms with Crippen LogP contribution in [0, 0.1) is 17.0 Å². The summed E-state index contributed by atoms with van der Waals surface area (Å²) in [5.41, 5.74) is 0.672. The molecule has 0 radical (unpaired) electrons. The van der Waals surface area contributed by atoms with Crippen LogP contribution in [-0.4, -0.2) is 19.1 Å². The second-order valence-electron chi connectivity index (χ2n) is 5.99. The fourth-order valence-corrected chi connectivity index (χ4v) is 4.83. The zero-order valence-electron chi connectivity index (χ0n) is 14.8. The number of aryl methyl sites for hydroxylation is 1. The predicted molar refractivity (Wildman–Crippen MR) is 106 cm³/mol. The van der Waals surface area contributed by atoms with Crippen LogP contribution in [-0.2, 0) is 16.6 Å². The quantitative estimate of drug-likeness (QED) is 0.359. The molecular weight excluding hydrogens is 400 g/mol. The number of rotatable bonds is 7. The summed E-state index contributed by atoms with van der Waals surface area (Å²) >= 11 is 1.20. The lowest BCUT2D eigenvalue weighted by Crippen LogP contribution is -2.23. The molecule has 1 aromatic heterocycles. The van der Waals surface area contributed by atoms with Gasteiger partial charge >= 0.3 is 0 Å². The van der Waals surface area contributed by atoms with Gasteiger partial charge in [0.25, 0.3) is 5.69 Å². The largest absolute Gasteiger partial charge is 0.288 e. The molecule has 0 atom stereocenters. The Balaban J connectivity index is 1.76. The van der Waals surface area contributed by atoms with E-state index >= 15 is 0 Å². The lowest BCUT2D eigenvalue weighted by molar-refractivity contribution is -0.385. The molecule has 1 heterocycles. The topological polar surface area (TPSA) is 106 Å². The summed E-state index contributed by atoms with van der Waals surface area (Å²) in [6.07, 6.45) is 0. The number of nitrogens with zero attached hydrogens (tertiary/aromatic N) is 1. The summed E-state index contributed by atoms with van der Waals surface area (Å²) in [5.74, 6) is -0.130. The highest BCUT2D eigenvalue weighted by Crippen LogP contribution is 2.23. The highest BCUT2D eigenvalue weighted by atomic mass is 32.2. The van der Waals surface area contributed by atoms with Gasteiger partial charge in [-0.25, -0.2) is 13.1 Å². The first kappa shape index (κ1) is 19.9. The maximum absolute atomic E-state index is 12.6. The third-order valence-electron chi connectivity index (χ3n) is 4.03. The van der Waals surface area contributed by atoms with Crippen LogP contribution >= 0.6 is 11.3 Å². The number of nitro groups is 1. The van der Waals surface area contributed by atoms with Crippen molar-refractivity contribution < 1.29 is 18.1 Å². The van der Waals surface area contributed by atoms with Gasteiger partial charge in [-0.15, -0.1) is 11.3 Å². The van der Waals surface area contributed by atoms with Crippen molar-refractivity contribution in [2.45, 2.75) is 18.4 Å². The fourth-order valence-electron chi connectivity index (χ4n) is 2.56. The molecule has 3 aromatic rings. The first-order valence-corrected chi connectivity index (χ1v) is 10.5. The number of non-ortho nitro benzene ring substituents is 1. The molecule has 1 N–H and O–H groups in total. The number of nitrogens with one attached hydrogen (secondary N) is 1. The first-order chi connectivity index (χ1) is 13.3. The number of ketones is 1. The second kappa shape index (κ2) is 8.01. The average molecular weight is 416 g/mol. The van der Waals surface area contributed by atoms with E-state index in [1.54, 1.807) is 43.3 Å². The van der Waals surface area contributed by atoms with Gasteiger partial charge in [-0.1, -0.05) is 36.4 Å². The predicted octanol–water partition coefficient (Wildman–Crippen LogP) is 3.67. The average Bonchev–Trinajstić information content (AvgIpc) is 3.15. The molecule has 0 fully saturated rings. The van der Waals surface area contributed by atoms with E-state index in [1.165, 1.54) is 23.5 Å². The zero-order valence-corrected chi connectivity index (χ0v) is 16.4. The molecule has 0 saturated carbocycles. The van der Waals surface area contributed by atoms with Crippen molar-refractivity contribution in [3.63, 3.8) is 0 Å². The number of hydrogen-bond donors (Lipinski definition) is 1. The summed E-state index contributed by atoms with van der Waals surface area (Å²) in [7, 11) is -3.94. The second-order valence-corrected chi connectivity index (χ2v) is 8.90. The standard InChI is InChI=1S/C19H16N2O5S2/c1-13-7-8-15(21(23)24)11-18(13)28(25,26)20-12-16-9-10-17(27-16)19(22)14-5-3-2-4-6-14/h2-11,20H,12H2,1H3. The van der Waals surface area contributed by atoms with Crippen LogP contribution in [0.5, 0.6) is 0 Å². The molecule has 144 valence electrons. The number of nitro benzene ring substituents is 1. The monoisotopic (exact) mass is 416 g/mol. The van der Waals surface area contributed by atoms with Gasteiger partial charge in [0.15, 0.2) is 0 Å². The Bertz CT molecular complexity index is 1140. The van der Waals surface area contributed by atoms with Crippen LogP contribution < -0.4 is 4.72 Å². The maximum Gasteiger partial charge on any atom is 0.270 e. The van der Waals surface area contributed by atoms with Gasteiger partial charge in [0, 0.05) is 29.1 Å². The molecule has 3 rings (SSSR count). The van der Waals surface area contributed by atoms with E-state index in [0.717, 1.165) is 6.07 Å². The van der Waals surface area contributed by atoms with E-state index in [-0.39, 0.29) is 22.9 Å². The Kier molecular flexibility index (Phi) is 5.68. The molecule has 2 aromatic carbocycles. The minimum atomic E-state index is -3.94. The molecule has 0 spiro atoms. The van der Waals surface area contributed by atoms with Crippen molar-refractivity contribution >= 4 is 32.8 Å². The van der Waals surface area contributed by atoms with E-state index in [9.17, 15) is 23.3 Å². The van der Waals surface area contributed by atoms with Crippen LogP contribution in [0.3, 0.4) is 0 Å². The molecule has 0 aliphatic rings. The minimum Gasteiger partial charge on any atom is -0.288 e. The third-order valence-corrected chi connectivity index (χ3v) is 6.66. The van der Waals surface area contributed by atoms with Crippen LogP contribution in [0.1, 0.15) is 25.7 Å². The van der Waals surface area contributed by atoms with E-state index in [4.69, 9.17) is 0 Å². The summed E-state index contributed by atoms with van der Waals surface area (Å²) < 4.78 is 27.6. The summed E-state index contributed by atoms with van der Waals surface area (Å²) in [6, 6.07) is 15.8. The highest BCUT2D eigenvalue weighted by Gasteiger charge is 2.21. The molecule has 9 heteroatoms. The van der Waals surface area contributed by atoms with Crippen LogP contribution in [0.4, 0.5) is 5.69 Å². The SMILES string of the molecule is Cc1ccc([N+](=O)[O-])cc1S(=O)(=O)NCc1ccc(C(=O)c2ccccc2)s1. The fraction of sp³-hybridized carbons (Fsp3) is 0.105. The Morgan fingerprint density at radius 3 is 2.50 bits per heavy atom. The molecule has 0 unspecified atom stereocenters. The van der Waals surface area contributed by atoms with Gasteiger partial charge in [-0.2, -0.15) is 0 Å². The number of sulfonamides is 1. The number of benzene rings is 2. The van der Waals surface area contributed by atoms with E-state index in [1.807, 2.05) is 6.07 Å². The Labute approximate surface area is 165 Å². The molecule has 0 bridgehead atoms. The van der Waals surface area contributed by atoms with Gasteiger partial charge in [0.2, 0.25) is 15.8 Å². The lowest BCUT2D eigenvalue weighted by atomic mass is 10.1. The summed E-state index contributed by atoms with van der Waals surface area (Å²) in [6.45, 7) is 1.55. The van der Waals surface area contributed by atoms with Gasteiger partial charge in [0.1, 0.15) is 0 Å². The molecule has 0 aliphatic heterocycles. The highest BCUT2D eigenvalue weighted by molar-refractivity contribution is 7.89. The third kappa shape index (κ3) is 4.33. The van der Waals surface area contributed by atoms with Crippen molar-refractivity contribution in [1.29, 1.82) is 0 Å². The Hall–Kier alpha value is -2.88. The van der Waals surface area contributed by atoms with Gasteiger partial charge < -0.3 is 0 Å². The Morgan fingerprint density at radius 1 is 1.11 bits per heavy atom. The lowest BCUT2D eigenvalue weighted by Gasteiger charge is -2.08. The van der Waals surface area contributed by atoms with Crippen LogP contribution in [0.15, 0.2) is 65.6 Å². The number of hydrogen-bond acceptors (Lipinski definition) is 6. The summed E-state index contributed by atoms with van der Waals surface area (Å²) in [4.78, 5) is 23.7. The van der Waals surface area contributed by atoms with Crippen molar-refractivity contribution in [3.8, 4) is 0 Å². The van der Waals surface area contributed by atoms with E-state index in [0.29, 0.717) is 20.9 Å². The zero-order chi connectivity index (χ0) is 20.3. The van der Waals surface area contributed by atoms with Gasteiger partial charge in [0.05, 0.1) is 14.7 Å². The molecule has 28 heavy (non-hydrogen) atoms. The van der Waals surface area contributed by atoms with Crippen LogP contribution in [0.2, 0.25) is 0 Å². The number of carbonyl (C=O) groups excluding carboxylic acids is 1. The molecule has 0 aliphatic carbocycles. The Morgan fingerprint density at radius 2 is 1.82 bits per heavy atom. The summed E-state index contributed by atoms with van der Waals surface area (Å²) in [5, 5.41) is 10.9. The smallest absolute Gasteiger partial charge is 0.270 e. The van der Waals surface area contributed by atoms with Crippen molar-refractivity contribution in [2.75, 3.05) is 0 Å². The normalized spacial score (nSPS) is 11.3. The van der Waals surface area contributed by atoms with Gasteiger partial charge in [-0.05, 0) is 24.6 Å². The van der Waals surface area contributed by atoms with Crippen molar-refractivity contribution in [1.82, 2.24) is 4.72 Å². The van der Waals surface area contributed by atoms with Gasteiger partial charge in [-0.3, -0.25) is 14.9 Å². The number of thiophene rings is 1. The molecule has 0 saturated heterocycles. The molecule has 7 nitrogen and oxygen atoms in total. The number of carbonyl (C=O) groups is 1. The van der Waals surface area contributed by atoms with Crippen molar-refractivity contribution in [2.24, 2.45) is 0 Å². The molecule has 0 amide bonds. The maximum atomic E-state index is 12.6. The van der Waals surface area contributed by atoms with E-state index in [2.05, 4.69) is 4.72 Å². The molecular formula is C19H16N2O5S2. The minimum absolute atomic E-state index is 0.0167. The van der Waals surface area contributed by atoms with E-state index < -0.39 is 14.9 Å².